The lowest BCUT2D eigenvalue weighted by Crippen LogP contribution is -2.30. The summed E-state index contributed by atoms with van der Waals surface area (Å²) < 4.78 is 30.1. The van der Waals surface area contributed by atoms with E-state index in [2.05, 4.69) is 4.98 Å². The van der Waals surface area contributed by atoms with Crippen molar-refractivity contribution in [3.05, 3.63) is 76.7 Å². The Morgan fingerprint density at radius 2 is 2.00 bits per heavy atom. The molecular formula is C21H17ClN2O4S2. The first-order valence-corrected chi connectivity index (χ1v) is 12.0. The normalized spacial score (nSPS) is 11.7. The first-order chi connectivity index (χ1) is 14.2. The average Bonchev–Trinajstić information content (AvgIpc) is 3.38. The van der Waals surface area contributed by atoms with Gasteiger partial charge in [0.25, 0.3) is 5.91 Å². The zero-order valence-corrected chi connectivity index (χ0v) is 18.5. The molecule has 0 saturated heterocycles. The number of anilines is 1. The molecule has 1 amide bonds. The van der Waals surface area contributed by atoms with E-state index in [0.717, 1.165) is 22.0 Å². The number of thiazole rings is 1. The summed E-state index contributed by atoms with van der Waals surface area (Å²) in [6, 6.07) is 13.1. The Morgan fingerprint density at radius 3 is 2.67 bits per heavy atom. The molecule has 0 spiro atoms. The number of hydrogen-bond acceptors (Lipinski definition) is 6. The number of aryl methyl sites for hydroxylation is 1. The molecule has 6 nitrogen and oxygen atoms in total. The van der Waals surface area contributed by atoms with E-state index < -0.39 is 9.84 Å². The molecule has 2 aromatic heterocycles. The third-order valence-corrected chi connectivity index (χ3v) is 7.21. The summed E-state index contributed by atoms with van der Waals surface area (Å²) in [5.41, 5.74) is 1.91. The van der Waals surface area contributed by atoms with Crippen LogP contribution in [0.4, 0.5) is 5.13 Å². The second-order valence-electron chi connectivity index (χ2n) is 6.81. The number of amides is 1. The zero-order valence-electron chi connectivity index (χ0n) is 16.1. The van der Waals surface area contributed by atoms with Gasteiger partial charge in [-0.25, -0.2) is 13.4 Å². The molecule has 4 rings (SSSR count). The number of nitrogens with zero attached hydrogens (tertiary/aromatic N) is 2. The number of hydrogen-bond donors (Lipinski definition) is 0. The second-order valence-corrected chi connectivity index (χ2v) is 10.2. The van der Waals surface area contributed by atoms with E-state index in [-0.39, 0.29) is 22.9 Å². The molecule has 0 N–H and O–H groups in total. The third-order valence-electron chi connectivity index (χ3n) is 4.57. The van der Waals surface area contributed by atoms with Gasteiger partial charge in [0.15, 0.2) is 15.0 Å². The predicted molar refractivity (Wildman–Crippen MR) is 118 cm³/mol. The summed E-state index contributed by atoms with van der Waals surface area (Å²) in [7, 11) is -3.45. The fourth-order valence-corrected chi connectivity index (χ4v) is 4.99. The number of carbonyl (C=O) groups excluding carboxylic acids is 1. The number of carbonyl (C=O) groups is 1. The average molecular weight is 461 g/mol. The molecule has 0 aliphatic heterocycles. The number of rotatable bonds is 5. The number of benzene rings is 2. The van der Waals surface area contributed by atoms with E-state index >= 15 is 0 Å². The fourth-order valence-electron chi connectivity index (χ4n) is 3.01. The molecule has 2 aromatic carbocycles. The van der Waals surface area contributed by atoms with Crippen molar-refractivity contribution in [3.8, 4) is 0 Å². The molecule has 2 heterocycles. The van der Waals surface area contributed by atoms with Crippen molar-refractivity contribution in [2.24, 2.45) is 0 Å². The first-order valence-electron chi connectivity index (χ1n) is 8.94. The third kappa shape index (κ3) is 3.98. The molecule has 0 bridgehead atoms. The predicted octanol–water partition coefficient (Wildman–Crippen LogP) is 5.10. The van der Waals surface area contributed by atoms with Crippen molar-refractivity contribution < 1.29 is 17.6 Å². The minimum Gasteiger partial charge on any atom is -0.467 e. The van der Waals surface area contributed by atoms with Crippen LogP contribution in [0.5, 0.6) is 0 Å². The Balaban J connectivity index is 1.82. The summed E-state index contributed by atoms with van der Waals surface area (Å²) in [4.78, 5) is 19.6. The number of furan rings is 1. The smallest absolute Gasteiger partial charge is 0.260 e. The molecule has 0 fully saturated rings. The van der Waals surface area contributed by atoms with Gasteiger partial charge in [-0.3, -0.25) is 9.69 Å². The minimum absolute atomic E-state index is 0.0782. The van der Waals surface area contributed by atoms with Crippen LogP contribution in [0, 0.1) is 6.92 Å². The summed E-state index contributed by atoms with van der Waals surface area (Å²) >= 11 is 7.64. The molecular weight excluding hydrogens is 444 g/mol. The molecule has 9 heteroatoms. The van der Waals surface area contributed by atoms with Crippen LogP contribution >= 0.6 is 22.9 Å². The van der Waals surface area contributed by atoms with Crippen molar-refractivity contribution in [3.63, 3.8) is 0 Å². The summed E-state index contributed by atoms with van der Waals surface area (Å²) in [6.07, 6.45) is 2.64. The molecule has 154 valence electrons. The van der Waals surface area contributed by atoms with Gasteiger partial charge in [0.05, 0.1) is 32.9 Å². The van der Waals surface area contributed by atoms with E-state index in [1.807, 2.05) is 13.0 Å². The van der Waals surface area contributed by atoms with E-state index in [0.29, 0.717) is 15.9 Å². The van der Waals surface area contributed by atoms with Gasteiger partial charge in [0, 0.05) is 11.8 Å². The quantitative estimate of drug-likeness (QED) is 0.413. The van der Waals surface area contributed by atoms with E-state index in [1.165, 1.54) is 34.6 Å². The van der Waals surface area contributed by atoms with Gasteiger partial charge in [-0.05, 0) is 48.9 Å². The molecule has 0 unspecified atom stereocenters. The molecule has 0 aliphatic rings. The van der Waals surface area contributed by atoms with Crippen LogP contribution < -0.4 is 4.90 Å². The highest BCUT2D eigenvalue weighted by atomic mass is 35.5. The SMILES string of the molecule is Cc1ccc(Cl)c2sc(N(Cc3ccco3)C(=O)c3cccc(S(C)(=O)=O)c3)nc12. The number of fused-ring (bicyclic) bond motifs is 1. The van der Waals surface area contributed by atoms with Crippen LogP contribution in [0.25, 0.3) is 10.2 Å². The van der Waals surface area contributed by atoms with Gasteiger partial charge in [-0.1, -0.05) is 35.1 Å². The number of aromatic nitrogens is 1. The summed E-state index contributed by atoms with van der Waals surface area (Å²) in [6.45, 7) is 2.07. The van der Waals surface area contributed by atoms with Gasteiger partial charge < -0.3 is 4.42 Å². The largest absolute Gasteiger partial charge is 0.467 e. The molecule has 0 aliphatic carbocycles. The maximum absolute atomic E-state index is 13.4. The van der Waals surface area contributed by atoms with Gasteiger partial charge in [0.1, 0.15) is 5.76 Å². The highest BCUT2D eigenvalue weighted by Crippen LogP contribution is 2.36. The van der Waals surface area contributed by atoms with Crippen LogP contribution in [0.2, 0.25) is 5.02 Å². The van der Waals surface area contributed by atoms with Crippen LogP contribution in [0.3, 0.4) is 0 Å². The van der Waals surface area contributed by atoms with E-state index in [1.54, 1.807) is 30.3 Å². The van der Waals surface area contributed by atoms with Gasteiger partial charge in [-0.2, -0.15) is 0 Å². The maximum Gasteiger partial charge on any atom is 0.260 e. The lowest BCUT2D eigenvalue weighted by atomic mass is 10.2. The molecule has 0 atom stereocenters. The lowest BCUT2D eigenvalue weighted by Gasteiger charge is -2.19. The van der Waals surface area contributed by atoms with Gasteiger partial charge in [-0.15, -0.1) is 0 Å². The Hall–Kier alpha value is -2.68. The summed E-state index contributed by atoms with van der Waals surface area (Å²) in [5.74, 6) is 0.189. The van der Waals surface area contributed by atoms with Crippen LogP contribution in [0.15, 0.2) is 64.1 Å². The maximum atomic E-state index is 13.4. The Labute approximate surface area is 182 Å². The number of sulfone groups is 1. The molecule has 30 heavy (non-hydrogen) atoms. The first kappa shape index (κ1) is 20.6. The van der Waals surface area contributed by atoms with Crippen molar-refractivity contribution in [1.29, 1.82) is 0 Å². The summed E-state index contributed by atoms with van der Waals surface area (Å²) in [5, 5.41) is 1.01. The van der Waals surface area contributed by atoms with Crippen molar-refractivity contribution >= 4 is 54.0 Å². The topological polar surface area (TPSA) is 80.5 Å². The number of halogens is 1. The monoisotopic (exact) mass is 460 g/mol. The standard InChI is InChI=1S/C21H17ClN2O4S2/c1-13-8-9-17(22)19-18(13)23-21(29-19)24(12-15-6-4-10-28-15)20(25)14-5-3-7-16(11-14)30(2,26)27/h3-11H,12H2,1-2H3. The Bertz CT molecular complexity index is 1310. The van der Waals surface area contributed by atoms with Crippen LogP contribution in [-0.4, -0.2) is 25.6 Å². The van der Waals surface area contributed by atoms with Crippen LogP contribution in [0.1, 0.15) is 21.7 Å². The fraction of sp³-hybridized carbons (Fsp3) is 0.143. The molecule has 4 aromatic rings. The van der Waals surface area contributed by atoms with Crippen molar-refractivity contribution in [2.45, 2.75) is 18.4 Å². The minimum atomic E-state index is -3.45. The van der Waals surface area contributed by atoms with E-state index in [4.69, 9.17) is 16.0 Å². The van der Waals surface area contributed by atoms with E-state index in [9.17, 15) is 13.2 Å². The van der Waals surface area contributed by atoms with Crippen molar-refractivity contribution in [2.75, 3.05) is 11.2 Å². The Kier molecular flexibility index (Phi) is 5.40. The van der Waals surface area contributed by atoms with Gasteiger partial charge >= 0.3 is 0 Å². The highest BCUT2D eigenvalue weighted by Gasteiger charge is 2.24. The second kappa shape index (κ2) is 7.86. The Morgan fingerprint density at radius 1 is 1.20 bits per heavy atom. The van der Waals surface area contributed by atoms with Crippen molar-refractivity contribution in [1.82, 2.24) is 4.98 Å². The zero-order chi connectivity index (χ0) is 21.5. The molecule has 0 radical (unpaired) electrons. The van der Waals surface area contributed by atoms with Crippen LogP contribution in [-0.2, 0) is 16.4 Å². The lowest BCUT2D eigenvalue weighted by molar-refractivity contribution is 0.0983. The highest BCUT2D eigenvalue weighted by molar-refractivity contribution is 7.90. The van der Waals surface area contributed by atoms with Gasteiger partial charge in [0.2, 0.25) is 0 Å². The molecule has 0 saturated carbocycles.